The second-order valence-corrected chi connectivity index (χ2v) is 6.88. The van der Waals surface area contributed by atoms with Crippen molar-refractivity contribution in [2.45, 2.75) is 19.3 Å². The zero-order valence-corrected chi connectivity index (χ0v) is 15.8. The molecule has 0 aliphatic heterocycles. The maximum atomic E-state index is 8.09. The summed E-state index contributed by atoms with van der Waals surface area (Å²) in [5.41, 5.74) is 7.47. The molecule has 5 N–H and O–H groups in total. The van der Waals surface area contributed by atoms with E-state index in [1.165, 1.54) is 16.5 Å². The molecule has 28 heavy (non-hydrogen) atoms. The minimum absolute atomic E-state index is 0.243. The molecule has 0 atom stereocenters. The third-order valence-corrected chi connectivity index (χ3v) is 4.95. The first-order valence-electron chi connectivity index (χ1n) is 9.53. The summed E-state index contributed by atoms with van der Waals surface area (Å²) in [5, 5.41) is 13.6. The van der Waals surface area contributed by atoms with Gasteiger partial charge in [-0.05, 0) is 43.0 Å². The number of hydrazine groups is 1. The van der Waals surface area contributed by atoms with Gasteiger partial charge in [0.1, 0.15) is 0 Å². The highest BCUT2D eigenvalue weighted by molar-refractivity contribution is 5.89. The summed E-state index contributed by atoms with van der Waals surface area (Å²) in [6, 6.07) is 16.4. The Morgan fingerprint density at radius 1 is 0.929 bits per heavy atom. The van der Waals surface area contributed by atoms with Crippen molar-refractivity contribution in [2.75, 3.05) is 6.54 Å². The monoisotopic (exact) mass is 373 g/mol. The van der Waals surface area contributed by atoms with Crippen LogP contribution in [-0.4, -0.2) is 33.9 Å². The number of fused-ring (bicyclic) bond motifs is 2. The molecule has 0 radical (unpaired) electrons. The summed E-state index contributed by atoms with van der Waals surface area (Å²) < 4.78 is 1.61. The average molecular weight is 373 g/mol. The van der Waals surface area contributed by atoms with Gasteiger partial charge >= 0.3 is 0 Å². The van der Waals surface area contributed by atoms with Crippen LogP contribution in [0.25, 0.3) is 21.8 Å². The number of hydrogen-bond donors (Lipinski definition) is 5. The zero-order chi connectivity index (χ0) is 19.3. The Labute approximate surface area is 163 Å². The summed E-state index contributed by atoms with van der Waals surface area (Å²) in [4.78, 5) is 6.53. The normalized spacial score (nSPS) is 11.0. The number of aryl methyl sites for hydroxylation is 1. The number of aromatic amines is 2. The highest BCUT2D eigenvalue weighted by atomic mass is 15.5. The van der Waals surface area contributed by atoms with E-state index in [0.29, 0.717) is 0 Å². The number of rotatable bonds is 7. The molecular formula is C22H25N6+. The number of H-pyrrole nitrogens is 2. The van der Waals surface area contributed by atoms with Gasteiger partial charge in [-0.3, -0.25) is 5.41 Å². The topological polar surface area (TPSA) is 82.5 Å². The third-order valence-electron chi connectivity index (χ3n) is 4.95. The third kappa shape index (κ3) is 3.76. The molecular weight excluding hydrogens is 348 g/mol. The van der Waals surface area contributed by atoms with E-state index in [-0.39, 0.29) is 5.96 Å². The Morgan fingerprint density at radius 2 is 1.61 bits per heavy atom. The maximum absolute atomic E-state index is 8.09. The van der Waals surface area contributed by atoms with Crippen molar-refractivity contribution in [3.05, 3.63) is 66.5 Å². The number of aromatic nitrogens is 2. The highest BCUT2D eigenvalue weighted by Gasteiger charge is 2.14. The van der Waals surface area contributed by atoms with E-state index in [9.17, 15) is 0 Å². The van der Waals surface area contributed by atoms with E-state index in [1.54, 1.807) is 4.68 Å². The van der Waals surface area contributed by atoms with Gasteiger partial charge < -0.3 is 15.3 Å². The molecule has 0 spiro atoms. The van der Waals surface area contributed by atoms with E-state index in [1.807, 2.05) is 36.5 Å². The first-order chi connectivity index (χ1) is 13.7. The number of hydrogen-bond acceptors (Lipinski definition) is 1. The van der Waals surface area contributed by atoms with Crippen LogP contribution in [-0.2, 0) is 6.42 Å². The fourth-order valence-corrected chi connectivity index (χ4v) is 3.51. The largest absolute Gasteiger partial charge is 0.361 e. The van der Waals surface area contributed by atoms with Crippen molar-refractivity contribution >= 4 is 40.2 Å². The number of nitrogens with one attached hydrogen (secondary N) is 5. The smallest absolute Gasteiger partial charge is 0.260 e. The first-order valence-corrected chi connectivity index (χ1v) is 9.53. The molecule has 0 saturated heterocycles. The fourth-order valence-electron chi connectivity index (χ4n) is 3.51. The summed E-state index contributed by atoms with van der Waals surface area (Å²) in [6.07, 6.45) is 7.08. The van der Waals surface area contributed by atoms with Crippen LogP contribution in [0.15, 0.2) is 60.9 Å². The van der Waals surface area contributed by atoms with Gasteiger partial charge in [0.2, 0.25) is 5.96 Å². The molecule has 6 nitrogen and oxygen atoms in total. The first kappa shape index (κ1) is 17.9. The van der Waals surface area contributed by atoms with Gasteiger partial charge in [0.15, 0.2) is 6.72 Å². The lowest BCUT2D eigenvalue weighted by atomic mass is 10.1. The summed E-state index contributed by atoms with van der Waals surface area (Å²) >= 11 is 0. The predicted molar refractivity (Wildman–Crippen MR) is 115 cm³/mol. The predicted octanol–water partition coefficient (Wildman–Crippen LogP) is 4.05. The Hall–Kier alpha value is -3.54. The number of benzene rings is 2. The molecule has 4 aromatic rings. The Kier molecular flexibility index (Phi) is 5.10. The van der Waals surface area contributed by atoms with Crippen LogP contribution in [0, 0.1) is 5.41 Å². The van der Waals surface area contributed by atoms with Crippen molar-refractivity contribution < 1.29 is 4.68 Å². The Balaban J connectivity index is 1.22. The Morgan fingerprint density at radius 3 is 2.43 bits per heavy atom. The lowest BCUT2D eigenvalue weighted by molar-refractivity contribution is -0.477. The van der Waals surface area contributed by atoms with Gasteiger partial charge in [0.25, 0.3) is 5.69 Å². The number of para-hydroxylation sites is 2. The molecule has 0 amide bonds. The molecule has 2 aromatic heterocycles. The number of unbranched alkanes of at least 4 members (excludes halogenated alkanes) is 1. The summed E-state index contributed by atoms with van der Waals surface area (Å²) in [7, 11) is 0. The van der Waals surface area contributed by atoms with Gasteiger partial charge in [-0.25, -0.2) is 0 Å². The second-order valence-electron chi connectivity index (χ2n) is 6.88. The van der Waals surface area contributed by atoms with Crippen LogP contribution >= 0.6 is 0 Å². The van der Waals surface area contributed by atoms with Crippen LogP contribution < -0.4 is 10.7 Å². The fraction of sp³-hybridized carbons (Fsp3) is 0.182. The van der Waals surface area contributed by atoms with Crippen LogP contribution in [0.4, 0.5) is 5.69 Å². The highest BCUT2D eigenvalue weighted by Crippen LogP contribution is 2.23. The molecule has 6 heteroatoms. The van der Waals surface area contributed by atoms with Gasteiger partial charge in [0.05, 0.1) is 17.1 Å². The van der Waals surface area contributed by atoms with Crippen molar-refractivity contribution in [3.63, 3.8) is 0 Å². The van der Waals surface area contributed by atoms with Gasteiger partial charge in [-0.1, -0.05) is 35.0 Å². The average Bonchev–Trinajstić information content (AvgIpc) is 3.32. The molecule has 2 aromatic carbocycles. The van der Waals surface area contributed by atoms with Crippen LogP contribution in [0.2, 0.25) is 0 Å². The van der Waals surface area contributed by atoms with Gasteiger partial charge in [-0.2, -0.15) is 0 Å². The SMILES string of the molecule is C=[N+](NC(=N)NCCCCc1c[nH]c2ccccc12)c1c[nH]c2ccccc12. The standard InChI is InChI=1S/C22H25N6/c1-28(21-15-26-20-12-5-3-10-18(20)21)27-22(23)24-13-7-6-8-16-14-25-19-11-4-2-9-17(16)19/h2-5,9-12,14-15,25-26H,1,6-8,13H2,(H3,23,24,27)/q+1. The van der Waals surface area contributed by atoms with Crippen molar-refractivity contribution in [3.8, 4) is 0 Å². The number of nitrogens with zero attached hydrogens (tertiary/aromatic N) is 1. The van der Waals surface area contributed by atoms with E-state index >= 15 is 0 Å². The molecule has 0 bridgehead atoms. The number of hydrazone groups is 1. The maximum Gasteiger partial charge on any atom is 0.260 e. The van der Waals surface area contributed by atoms with E-state index < -0.39 is 0 Å². The molecule has 2 heterocycles. The van der Waals surface area contributed by atoms with Crippen molar-refractivity contribution in [1.82, 2.24) is 20.7 Å². The lowest BCUT2D eigenvalue weighted by Gasteiger charge is -2.07. The quantitative estimate of drug-likeness (QED) is 0.111. The number of guanidine groups is 1. The lowest BCUT2D eigenvalue weighted by Crippen LogP contribution is -2.40. The molecule has 0 unspecified atom stereocenters. The minimum atomic E-state index is 0.243. The molecule has 0 aliphatic carbocycles. The van der Waals surface area contributed by atoms with E-state index in [0.717, 1.165) is 42.4 Å². The van der Waals surface area contributed by atoms with Gasteiger partial charge in [-0.15, -0.1) is 5.43 Å². The van der Waals surface area contributed by atoms with E-state index in [4.69, 9.17) is 5.41 Å². The summed E-state index contributed by atoms with van der Waals surface area (Å²) in [6.45, 7) is 4.74. The van der Waals surface area contributed by atoms with Crippen LogP contribution in [0.1, 0.15) is 18.4 Å². The van der Waals surface area contributed by atoms with Crippen LogP contribution in [0.5, 0.6) is 0 Å². The zero-order valence-electron chi connectivity index (χ0n) is 15.8. The molecule has 0 saturated carbocycles. The molecule has 0 aliphatic rings. The molecule has 142 valence electrons. The Bertz CT molecular complexity index is 1120. The van der Waals surface area contributed by atoms with Gasteiger partial charge in [0, 0.05) is 23.6 Å². The molecule has 0 fully saturated rings. The molecule has 4 rings (SSSR count). The van der Waals surface area contributed by atoms with Crippen LogP contribution in [0.3, 0.4) is 0 Å². The minimum Gasteiger partial charge on any atom is -0.361 e. The summed E-state index contributed by atoms with van der Waals surface area (Å²) in [5.74, 6) is 0.243. The van der Waals surface area contributed by atoms with Crippen molar-refractivity contribution in [2.24, 2.45) is 0 Å². The van der Waals surface area contributed by atoms with E-state index in [2.05, 4.69) is 51.8 Å². The second kappa shape index (κ2) is 8.00. The van der Waals surface area contributed by atoms with Crippen molar-refractivity contribution in [1.29, 1.82) is 5.41 Å².